The van der Waals surface area contributed by atoms with Gasteiger partial charge >= 0.3 is 19.1 Å². The Morgan fingerprint density at radius 1 is 1.27 bits per heavy atom. The number of alkyl halides is 1. The molecule has 0 radical (unpaired) electrons. The molecule has 1 aromatic carbocycles. The zero-order valence-electron chi connectivity index (χ0n) is 26.2. The maximum absolute atomic E-state index is 15.4. The number of carbonyl (C=O) groups is 4. The van der Waals surface area contributed by atoms with Crippen molar-refractivity contribution in [1.82, 2.24) is 4.92 Å². The van der Waals surface area contributed by atoms with Crippen LogP contribution in [0.25, 0.3) is 0 Å². The first kappa shape index (κ1) is 32.7. The van der Waals surface area contributed by atoms with E-state index in [1.54, 1.807) is 18.2 Å². The van der Waals surface area contributed by atoms with E-state index in [2.05, 4.69) is 16.4 Å². The number of rotatable bonds is 7. The summed E-state index contributed by atoms with van der Waals surface area (Å²) in [6.07, 6.45) is 0.477. The van der Waals surface area contributed by atoms with Gasteiger partial charge in [-0.1, -0.05) is 39.8 Å². The van der Waals surface area contributed by atoms with Gasteiger partial charge in [-0.05, 0) is 60.2 Å². The number of hydrogen-bond donors (Lipinski definition) is 1. The quantitative estimate of drug-likeness (QED) is 0.159. The van der Waals surface area contributed by atoms with Crippen LogP contribution >= 0.6 is 0 Å². The topological polar surface area (TPSA) is 141 Å². The predicted molar refractivity (Wildman–Crippen MR) is 161 cm³/mol. The second-order valence-corrected chi connectivity index (χ2v) is 13.4. The highest BCUT2D eigenvalue weighted by atomic mass is 19.1. The van der Waals surface area contributed by atoms with Gasteiger partial charge in [-0.25, -0.2) is 18.9 Å². The zero-order chi connectivity index (χ0) is 32.9. The largest absolute Gasteiger partial charge is 0.482 e. The molecule has 9 atom stereocenters. The lowest BCUT2D eigenvalue weighted by atomic mass is 9.44. The number of fused-ring (bicyclic) bond motifs is 1. The maximum atomic E-state index is 15.4. The summed E-state index contributed by atoms with van der Waals surface area (Å²) in [5.41, 5.74) is -1.70. The summed E-state index contributed by atoms with van der Waals surface area (Å²) >= 11 is 0. The Morgan fingerprint density at radius 3 is 2.67 bits per heavy atom. The number of Topliss-reactive ketones (excluding diaryl/α,β-unsaturated/α-hetero) is 1. The molecule has 242 valence electrons. The van der Waals surface area contributed by atoms with E-state index in [9.17, 15) is 24.2 Å². The van der Waals surface area contributed by atoms with Crippen LogP contribution in [0.5, 0.6) is 5.75 Å². The Kier molecular flexibility index (Phi) is 8.63. The average molecular weight is 626 g/mol. The minimum Gasteiger partial charge on any atom is -0.482 e. The molecule has 3 aliphatic carbocycles. The highest BCUT2D eigenvalue weighted by molar-refractivity contribution is 6.67. The van der Waals surface area contributed by atoms with Crippen LogP contribution in [0.4, 0.5) is 9.18 Å². The molecule has 1 amide bonds. The Labute approximate surface area is 262 Å². The molecule has 45 heavy (non-hydrogen) atoms. The van der Waals surface area contributed by atoms with Crippen LogP contribution in [0.1, 0.15) is 58.9 Å². The van der Waals surface area contributed by atoms with Crippen LogP contribution in [0.3, 0.4) is 0 Å². The molecule has 0 saturated heterocycles. The third-order valence-corrected chi connectivity index (χ3v) is 11.3. The molecule has 0 aromatic heterocycles. The van der Waals surface area contributed by atoms with Crippen molar-refractivity contribution in [1.29, 1.82) is 0 Å². The Hall–Kier alpha value is -3.74. The normalized spacial score (nSPS) is 37.0. The highest BCUT2D eigenvalue weighted by Crippen LogP contribution is 2.68. The third kappa shape index (κ3) is 5.12. The Morgan fingerprint density at radius 2 is 2.00 bits per heavy atom. The first-order valence-electron chi connectivity index (χ1n) is 15.2. The van der Waals surface area contributed by atoms with Crippen LogP contribution in [0.15, 0.2) is 36.0 Å². The van der Waals surface area contributed by atoms with E-state index >= 15 is 4.39 Å². The maximum Gasteiger partial charge on any atom is 0.478 e. The van der Waals surface area contributed by atoms with Gasteiger partial charge in [-0.3, -0.25) is 9.59 Å². The smallest absolute Gasteiger partial charge is 0.478 e. The van der Waals surface area contributed by atoms with Gasteiger partial charge in [-0.2, -0.15) is 5.10 Å². The molecule has 3 fully saturated rings. The number of methoxy groups -OCH3 is 1. The molecule has 1 aromatic rings. The monoisotopic (exact) mass is 626 g/mol. The summed E-state index contributed by atoms with van der Waals surface area (Å²) in [6, 6.07) is 4.70. The van der Waals surface area contributed by atoms with Crippen molar-refractivity contribution >= 4 is 43.0 Å². The number of esters is 1. The van der Waals surface area contributed by atoms with Crippen molar-refractivity contribution < 1.29 is 47.5 Å². The Balaban J connectivity index is 1.44. The van der Waals surface area contributed by atoms with Gasteiger partial charge in [0.05, 0.1) is 13.3 Å². The second-order valence-electron chi connectivity index (χ2n) is 13.4. The minimum atomic E-state index is -1.66. The molecule has 1 N–H and O–H groups in total. The van der Waals surface area contributed by atoms with Gasteiger partial charge in [0.1, 0.15) is 18.0 Å². The number of ketones is 1. The van der Waals surface area contributed by atoms with Crippen molar-refractivity contribution in [2.24, 2.45) is 39.1 Å². The van der Waals surface area contributed by atoms with Gasteiger partial charge < -0.3 is 24.0 Å². The third-order valence-electron chi connectivity index (χ3n) is 11.3. The average Bonchev–Trinajstić information content (AvgIpc) is 3.30. The summed E-state index contributed by atoms with van der Waals surface area (Å²) in [5.74, 6) is -2.16. The van der Waals surface area contributed by atoms with Gasteiger partial charge in [0.25, 0.3) is 6.47 Å². The fraction of sp³-hybridized carbons (Fsp3) is 0.594. The van der Waals surface area contributed by atoms with E-state index < -0.39 is 72.0 Å². The Bertz CT molecular complexity index is 1420. The molecule has 13 heteroatoms. The standard InChI is InChI=1S/C32H40BFN2O9/c1-7-30(4)14-24(31(5)18(2)10-11-32(19(3)28(30)44-17-37)13-23(34)26(39)27(31)32)45-25(38)16-43-21-9-8-20-15-35-36(29(40)42-6)33(41)22(20)12-21/h7-9,12,15,17-19,23-24,27-28,41H,1,10-11,13-14,16H2,2-6H3/t18-,19+,23+,24-,27+,28+,30-,31+,32+/m1/s1. The van der Waals surface area contributed by atoms with Crippen molar-refractivity contribution in [2.45, 2.75) is 71.8 Å². The van der Waals surface area contributed by atoms with E-state index in [0.717, 1.165) is 4.92 Å². The summed E-state index contributed by atoms with van der Waals surface area (Å²) in [5, 5.41) is 14.6. The SMILES string of the molecule is C=C[C@]1(C)C[C@@H](OC(=O)COc2ccc3c(c2)B(O)N(C(=O)OC)N=C3)[C@]2(C)[C@H](C)CC[C@]3(C[C@H](F)C(=O)[C@H]32)[C@@H](C)[C@@H]1OC=O. The number of hydrogen-bond acceptors (Lipinski definition) is 10. The molecular formula is C32H40BFN2O9. The predicted octanol–water partition coefficient (Wildman–Crippen LogP) is 3.20. The number of carbonyl (C=O) groups excluding carboxylic acids is 4. The van der Waals surface area contributed by atoms with E-state index in [1.165, 1.54) is 19.4 Å². The van der Waals surface area contributed by atoms with Gasteiger partial charge in [0.2, 0.25) is 0 Å². The van der Waals surface area contributed by atoms with Crippen LogP contribution in [0, 0.1) is 34.0 Å². The summed E-state index contributed by atoms with van der Waals surface area (Å²) in [6.45, 7) is 11.6. The van der Waals surface area contributed by atoms with Crippen molar-refractivity contribution in [2.75, 3.05) is 13.7 Å². The summed E-state index contributed by atoms with van der Waals surface area (Å²) < 4.78 is 37.7. The van der Waals surface area contributed by atoms with E-state index in [-0.39, 0.29) is 30.4 Å². The lowest BCUT2D eigenvalue weighted by Crippen LogP contribution is -2.63. The first-order chi connectivity index (χ1) is 21.3. The minimum absolute atomic E-state index is 0.0258. The molecular weight excluding hydrogens is 586 g/mol. The lowest BCUT2D eigenvalue weighted by Gasteiger charge is -2.61. The molecule has 0 spiro atoms. The molecule has 1 aliphatic heterocycles. The van der Waals surface area contributed by atoms with Crippen LogP contribution < -0.4 is 10.2 Å². The van der Waals surface area contributed by atoms with Gasteiger partial charge in [0, 0.05) is 22.7 Å². The number of nitrogens with zero attached hydrogens (tertiary/aromatic N) is 2. The number of amides is 1. The van der Waals surface area contributed by atoms with E-state index in [4.69, 9.17) is 14.2 Å². The number of hydrazone groups is 1. The molecule has 1 heterocycles. The second kappa shape index (κ2) is 11.9. The molecule has 2 bridgehead atoms. The fourth-order valence-electron chi connectivity index (χ4n) is 8.64. The van der Waals surface area contributed by atoms with Gasteiger partial charge in [0.15, 0.2) is 18.6 Å². The van der Waals surface area contributed by atoms with Crippen molar-refractivity contribution in [3.8, 4) is 5.75 Å². The fourth-order valence-corrected chi connectivity index (χ4v) is 8.64. The number of ether oxygens (including phenoxy) is 4. The highest BCUT2D eigenvalue weighted by Gasteiger charge is 2.71. The van der Waals surface area contributed by atoms with E-state index in [1.807, 2.05) is 27.7 Å². The van der Waals surface area contributed by atoms with Crippen LogP contribution in [-0.4, -0.2) is 79.6 Å². The summed E-state index contributed by atoms with van der Waals surface area (Å²) in [7, 11) is -0.262. The first-order valence-corrected chi connectivity index (χ1v) is 15.2. The van der Waals surface area contributed by atoms with Crippen LogP contribution in [0.2, 0.25) is 0 Å². The number of halogens is 1. The molecule has 4 aliphatic rings. The lowest BCUT2D eigenvalue weighted by molar-refractivity contribution is -0.211. The molecule has 3 saturated carbocycles. The van der Waals surface area contributed by atoms with E-state index in [0.29, 0.717) is 30.3 Å². The molecule has 5 rings (SSSR count). The molecule has 0 unspecified atom stereocenters. The van der Waals surface area contributed by atoms with Gasteiger partial charge in [-0.15, -0.1) is 6.58 Å². The van der Waals surface area contributed by atoms with Crippen molar-refractivity contribution in [3.05, 3.63) is 36.4 Å². The number of benzene rings is 1. The summed E-state index contributed by atoms with van der Waals surface area (Å²) in [4.78, 5) is 51.6. The molecule has 11 nitrogen and oxygen atoms in total. The van der Waals surface area contributed by atoms with Crippen LogP contribution in [-0.2, 0) is 28.6 Å². The zero-order valence-corrected chi connectivity index (χ0v) is 26.2. The van der Waals surface area contributed by atoms with Crippen molar-refractivity contribution in [3.63, 3.8) is 0 Å².